The van der Waals surface area contributed by atoms with Crippen LogP contribution in [0, 0.1) is 0 Å². The Balaban J connectivity index is 2.26. The van der Waals surface area contributed by atoms with E-state index in [0.29, 0.717) is 6.54 Å². The van der Waals surface area contributed by atoms with Crippen LogP contribution in [-0.2, 0) is 13.6 Å². The van der Waals surface area contributed by atoms with Crippen molar-refractivity contribution in [3.8, 4) is 0 Å². The summed E-state index contributed by atoms with van der Waals surface area (Å²) in [5, 5.41) is 2.86. The first kappa shape index (κ1) is 16.6. The molecule has 5 heteroatoms. The van der Waals surface area contributed by atoms with E-state index in [2.05, 4.69) is 5.32 Å². The van der Waals surface area contributed by atoms with Crippen molar-refractivity contribution in [2.45, 2.75) is 19.0 Å². The molecule has 0 aliphatic heterocycles. The highest BCUT2D eigenvalue weighted by atomic mass is 28.4. The summed E-state index contributed by atoms with van der Waals surface area (Å²) < 4.78 is 10.8. The SMILES string of the molecule is CO[Si](C)(CCCNC(=O)/C=C/c1ccccc1)OC. The molecule has 0 aromatic heterocycles. The lowest BCUT2D eigenvalue weighted by Gasteiger charge is -2.22. The van der Waals surface area contributed by atoms with Gasteiger partial charge in [0, 0.05) is 26.8 Å². The van der Waals surface area contributed by atoms with Gasteiger partial charge in [-0.25, -0.2) is 0 Å². The van der Waals surface area contributed by atoms with Crippen molar-refractivity contribution in [1.29, 1.82) is 0 Å². The van der Waals surface area contributed by atoms with E-state index >= 15 is 0 Å². The first-order valence-corrected chi connectivity index (χ1v) is 9.23. The van der Waals surface area contributed by atoms with E-state index in [4.69, 9.17) is 8.85 Å². The molecule has 0 aliphatic carbocycles. The molecule has 1 aromatic carbocycles. The second-order valence-electron chi connectivity index (χ2n) is 4.68. The molecular weight excluding hydrogens is 270 g/mol. The van der Waals surface area contributed by atoms with Gasteiger partial charge in [-0.15, -0.1) is 0 Å². The normalized spacial score (nSPS) is 11.8. The van der Waals surface area contributed by atoms with Gasteiger partial charge in [-0.3, -0.25) is 4.79 Å². The van der Waals surface area contributed by atoms with Crippen LogP contribution in [0.1, 0.15) is 12.0 Å². The van der Waals surface area contributed by atoms with Crippen LogP contribution >= 0.6 is 0 Å². The molecule has 0 saturated heterocycles. The van der Waals surface area contributed by atoms with Crippen LogP contribution in [0.3, 0.4) is 0 Å². The van der Waals surface area contributed by atoms with Gasteiger partial charge in [0.1, 0.15) is 0 Å². The predicted molar refractivity (Wildman–Crippen MR) is 83.5 cm³/mol. The summed E-state index contributed by atoms with van der Waals surface area (Å²) in [6, 6.07) is 10.6. The van der Waals surface area contributed by atoms with Gasteiger partial charge in [-0.1, -0.05) is 30.3 Å². The van der Waals surface area contributed by atoms with Gasteiger partial charge in [0.25, 0.3) is 0 Å². The number of hydrogen-bond acceptors (Lipinski definition) is 3. The maximum atomic E-state index is 11.6. The first-order valence-electron chi connectivity index (χ1n) is 6.71. The van der Waals surface area contributed by atoms with Gasteiger partial charge in [0.15, 0.2) is 0 Å². The molecule has 0 aliphatic rings. The summed E-state index contributed by atoms with van der Waals surface area (Å²) in [5.41, 5.74) is 1.02. The fraction of sp³-hybridized carbons (Fsp3) is 0.400. The third-order valence-electron chi connectivity index (χ3n) is 3.20. The summed E-state index contributed by atoms with van der Waals surface area (Å²) in [4.78, 5) is 11.6. The zero-order chi connectivity index (χ0) is 14.8. The molecule has 0 saturated carbocycles. The number of hydrogen-bond donors (Lipinski definition) is 1. The summed E-state index contributed by atoms with van der Waals surface area (Å²) in [7, 11) is 1.35. The molecule has 0 spiro atoms. The summed E-state index contributed by atoms with van der Waals surface area (Å²) in [6.07, 6.45) is 4.21. The third-order valence-corrected chi connectivity index (χ3v) is 6.19. The quantitative estimate of drug-likeness (QED) is 0.455. The molecule has 1 rings (SSSR count). The molecule has 0 atom stereocenters. The van der Waals surface area contributed by atoms with Crippen molar-refractivity contribution in [2.24, 2.45) is 0 Å². The maximum absolute atomic E-state index is 11.6. The second-order valence-corrected chi connectivity index (χ2v) is 8.26. The molecule has 0 heterocycles. The van der Waals surface area contributed by atoms with E-state index in [1.54, 1.807) is 26.4 Å². The Morgan fingerprint density at radius 3 is 2.50 bits per heavy atom. The fourth-order valence-electron chi connectivity index (χ4n) is 1.70. The van der Waals surface area contributed by atoms with E-state index in [0.717, 1.165) is 18.0 Å². The number of nitrogens with one attached hydrogen (secondary N) is 1. The Labute approximate surface area is 122 Å². The number of carbonyl (C=O) groups is 1. The minimum absolute atomic E-state index is 0.0768. The molecule has 4 nitrogen and oxygen atoms in total. The van der Waals surface area contributed by atoms with Crippen LogP contribution in [0.5, 0.6) is 0 Å². The van der Waals surface area contributed by atoms with Crippen molar-refractivity contribution in [3.05, 3.63) is 42.0 Å². The van der Waals surface area contributed by atoms with Gasteiger partial charge in [0.05, 0.1) is 0 Å². The Kier molecular flexibility index (Phi) is 7.21. The average molecular weight is 293 g/mol. The summed E-state index contributed by atoms with van der Waals surface area (Å²) in [6.45, 7) is 2.65. The van der Waals surface area contributed by atoms with E-state index < -0.39 is 8.56 Å². The molecule has 1 amide bonds. The van der Waals surface area contributed by atoms with Crippen LogP contribution in [-0.4, -0.2) is 35.2 Å². The van der Waals surface area contributed by atoms with Gasteiger partial charge < -0.3 is 14.2 Å². The third kappa shape index (κ3) is 6.14. The van der Waals surface area contributed by atoms with Crippen LogP contribution in [0.2, 0.25) is 12.6 Å². The lowest BCUT2D eigenvalue weighted by atomic mass is 10.2. The van der Waals surface area contributed by atoms with Gasteiger partial charge in [-0.2, -0.15) is 0 Å². The van der Waals surface area contributed by atoms with E-state index in [1.807, 2.05) is 36.9 Å². The van der Waals surface area contributed by atoms with Crippen LogP contribution in [0.15, 0.2) is 36.4 Å². The maximum Gasteiger partial charge on any atom is 0.334 e. The highest BCUT2D eigenvalue weighted by molar-refractivity contribution is 6.65. The van der Waals surface area contributed by atoms with Crippen molar-refractivity contribution >= 4 is 20.5 Å². The molecule has 0 radical (unpaired) electrons. The van der Waals surface area contributed by atoms with Crippen LogP contribution in [0.25, 0.3) is 6.08 Å². The molecule has 0 fully saturated rings. The van der Waals surface area contributed by atoms with Crippen molar-refractivity contribution in [2.75, 3.05) is 20.8 Å². The monoisotopic (exact) mass is 293 g/mol. The van der Waals surface area contributed by atoms with Gasteiger partial charge in [-0.05, 0) is 30.7 Å². The Morgan fingerprint density at radius 1 is 1.25 bits per heavy atom. The highest BCUT2D eigenvalue weighted by Gasteiger charge is 2.27. The Morgan fingerprint density at radius 2 is 1.90 bits per heavy atom. The Bertz CT molecular complexity index is 430. The second kappa shape index (κ2) is 8.68. The number of amides is 1. The van der Waals surface area contributed by atoms with Crippen molar-refractivity contribution < 1.29 is 13.6 Å². The smallest absolute Gasteiger partial charge is 0.334 e. The molecule has 1 N–H and O–H groups in total. The lowest BCUT2D eigenvalue weighted by molar-refractivity contribution is -0.116. The average Bonchev–Trinajstić information content (AvgIpc) is 2.50. The van der Waals surface area contributed by atoms with Gasteiger partial charge >= 0.3 is 8.56 Å². The van der Waals surface area contributed by atoms with E-state index in [1.165, 1.54) is 0 Å². The standard InChI is InChI=1S/C15H23NO3Si/c1-18-20(3,19-2)13-7-12-16-15(17)11-10-14-8-5-4-6-9-14/h4-6,8-11H,7,12-13H2,1-3H3,(H,16,17)/b11-10+. The lowest BCUT2D eigenvalue weighted by Crippen LogP contribution is -2.37. The zero-order valence-electron chi connectivity index (χ0n) is 12.4. The summed E-state index contributed by atoms with van der Waals surface area (Å²) in [5.74, 6) is -0.0768. The van der Waals surface area contributed by atoms with Crippen LogP contribution in [0.4, 0.5) is 0 Å². The summed E-state index contributed by atoms with van der Waals surface area (Å²) >= 11 is 0. The molecule has 1 aromatic rings. The number of benzene rings is 1. The van der Waals surface area contributed by atoms with Crippen LogP contribution < -0.4 is 5.32 Å². The highest BCUT2D eigenvalue weighted by Crippen LogP contribution is 2.12. The van der Waals surface area contributed by atoms with Gasteiger partial charge in [0.2, 0.25) is 5.91 Å². The number of rotatable bonds is 8. The predicted octanol–water partition coefficient (Wildman–Crippen LogP) is 2.57. The minimum atomic E-state index is -2.01. The molecule has 110 valence electrons. The largest absolute Gasteiger partial charge is 0.398 e. The van der Waals surface area contributed by atoms with Crippen molar-refractivity contribution in [3.63, 3.8) is 0 Å². The first-order chi connectivity index (χ1) is 9.59. The molecule has 20 heavy (non-hydrogen) atoms. The zero-order valence-corrected chi connectivity index (χ0v) is 13.4. The topological polar surface area (TPSA) is 47.6 Å². The molecule has 0 unspecified atom stereocenters. The minimum Gasteiger partial charge on any atom is -0.398 e. The Hall–Kier alpha value is -1.43. The van der Waals surface area contributed by atoms with E-state index in [-0.39, 0.29) is 5.91 Å². The fourth-order valence-corrected chi connectivity index (χ4v) is 3.10. The van der Waals surface area contributed by atoms with Crippen molar-refractivity contribution in [1.82, 2.24) is 5.32 Å². The van der Waals surface area contributed by atoms with E-state index in [9.17, 15) is 4.79 Å². The molecule has 0 bridgehead atoms. The molecular formula is C15H23NO3Si. The number of carbonyl (C=O) groups excluding carboxylic acids is 1.